The second-order valence-electron chi connectivity index (χ2n) is 9.77. The molecule has 38 heavy (non-hydrogen) atoms. The summed E-state index contributed by atoms with van der Waals surface area (Å²) < 4.78 is 0. The number of nitrogens with zero attached hydrogens (tertiary/aromatic N) is 4. The predicted molar refractivity (Wildman–Crippen MR) is 147 cm³/mol. The molecule has 3 aliphatic rings. The largest absolute Gasteiger partial charge is 0.340 e. The van der Waals surface area contributed by atoms with Crippen LogP contribution < -0.4 is 5.32 Å². The lowest BCUT2D eigenvalue weighted by atomic mass is 9.95. The Hall–Kier alpha value is -3.07. The van der Waals surface area contributed by atoms with Gasteiger partial charge in [-0.1, -0.05) is 59.6 Å². The van der Waals surface area contributed by atoms with E-state index in [4.69, 9.17) is 23.2 Å². The summed E-state index contributed by atoms with van der Waals surface area (Å²) in [7, 11) is 0. The molecule has 3 heterocycles. The van der Waals surface area contributed by atoms with Crippen molar-refractivity contribution < 1.29 is 14.4 Å². The van der Waals surface area contributed by atoms with Crippen molar-refractivity contribution in [1.29, 1.82) is 0 Å². The van der Waals surface area contributed by atoms with E-state index in [-0.39, 0.29) is 30.8 Å². The van der Waals surface area contributed by atoms with E-state index in [9.17, 15) is 14.4 Å². The smallest absolute Gasteiger partial charge is 0.322 e. The van der Waals surface area contributed by atoms with Gasteiger partial charge in [-0.05, 0) is 30.2 Å². The van der Waals surface area contributed by atoms with Crippen molar-refractivity contribution in [3.63, 3.8) is 0 Å². The van der Waals surface area contributed by atoms with Crippen molar-refractivity contribution in [3.05, 3.63) is 81.0 Å². The number of piperazine rings is 1. The van der Waals surface area contributed by atoms with Crippen LogP contribution in [0.2, 0.25) is 10.0 Å². The molecular formula is C28H31Cl2N5O3. The number of likely N-dealkylation sites (N-methyl/N-ethyl adjacent to an activating group) is 1. The molecule has 4 amide bonds. The summed E-state index contributed by atoms with van der Waals surface area (Å²) in [6.07, 6.45) is 0.241. The summed E-state index contributed by atoms with van der Waals surface area (Å²) >= 11 is 12.5. The Balaban J connectivity index is 1.21. The molecule has 1 atom stereocenters. The van der Waals surface area contributed by atoms with Gasteiger partial charge in [0.15, 0.2) is 0 Å². The highest BCUT2D eigenvalue weighted by molar-refractivity contribution is 6.35. The number of amides is 4. The van der Waals surface area contributed by atoms with Crippen LogP contribution in [-0.2, 0) is 16.1 Å². The van der Waals surface area contributed by atoms with Gasteiger partial charge in [-0.25, -0.2) is 4.79 Å². The lowest BCUT2D eigenvalue weighted by molar-refractivity contribution is -0.134. The fraction of sp³-hybridized carbons (Fsp3) is 0.393. The quantitative estimate of drug-likeness (QED) is 0.562. The summed E-state index contributed by atoms with van der Waals surface area (Å²) in [4.78, 5) is 46.9. The van der Waals surface area contributed by atoms with Crippen LogP contribution in [0.4, 0.5) is 4.79 Å². The van der Waals surface area contributed by atoms with Gasteiger partial charge in [0.25, 0.3) is 5.91 Å². The zero-order valence-electron chi connectivity index (χ0n) is 21.3. The molecule has 2 aromatic carbocycles. The van der Waals surface area contributed by atoms with Crippen molar-refractivity contribution in [1.82, 2.24) is 24.9 Å². The third-order valence-corrected chi connectivity index (χ3v) is 8.02. The predicted octanol–water partition coefficient (Wildman–Crippen LogP) is 3.91. The van der Waals surface area contributed by atoms with E-state index >= 15 is 0 Å². The minimum Gasteiger partial charge on any atom is -0.340 e. The van der Waals surface area contributed by atoms with Crippen molar-refractivity contribution in [2.24, 2.45) is 0 Å². The SMILES string of the molecule is CCN1C(=O)N[C@H](c2ccc(Cl)cc2Cl)C2=C1CN(CCC(=O)N1CCN(Cc3ccccc3)CC1)C2=O. The number of urea groups is 1. The molecule has 10 heteroatoms. The Morgan fingerprint density at radius 1 is 1.03 bits per heavy atom. The molecule has 3 aliphatic heterocycles. The van der Waals surface area contributed by atoms with Crippen molar-refractivity contribution in [2.75, 3.05) is 45.8 Å². The van der Waals surface area contributed by atoms with Crippen LogP contribution in [0, 0.1) is 0 Å². The summed E-state index contributed by atoms with van der Waals surface area (Å²) in [5, 5.41) is 3.79. The number of halogens is 2. The zero-order valence-corrected chi connectivity index (χ0v) is 22.8. The van der Waals surface area contributed by atoms with Gasteiger partial charge in [-0.15, -0.1) is 0 Å². The van der Waals surface area contributed by atoms with E-state index in [1.807, 2.05) is 30.0 Å². The highest BCUT2D eigenvalue weighted by Crippen LogP contribution is 2.39. The Bertz CT molecular complexity index is 1260. The first kappa shape index (κ1) is 26.5. The van der Waals surface area contributed by atoms with Crippen LogP contribution in [0.5, 0.6) is 0 Å². The molecule has 8 nitrogen and oxygen atoms in total. The number of rotatable bonds is 7. The lowest BCUT2D eigenvalue weighted by Crippen LogP contribution is -2.48. The van der Waals surface area contributed by atoms with Crippen molar-refractivity contribution in [3.8, 4) is 0 Å². The Labute approximate surface area is 232 Å². The number of benzene rings is 2. The van der Waals surface area contributed by atoms with Crippen LogP contribution >= 0.6 is 23.2 Å². The molecule has 0 spiro atoms. The van der Waals surface area contributed by atoms with Crippen LogP contribution in [0.25, 0.3) is 0 Å². The molecule has 5 rings (SSSR count). The van der Waals surface area contributed by atoms with Crippen LogP contribution in [-0.4, -0.2) is 83.3 Å². The second kappa shape index (κ2) is 11.4. The minimum absolute atomic E-state index is 0.0425. The molecule has 1 N–H and O–H groups in total. The first-order chi connectivity index (χ1) is 18.4. The molecule has 0 aromatic heterocycles. The maximum atomic E-state index is 13.6. The summed E-state index contributed by atoms with van der Waals surface area (Å²) in [6.45, 7) is 6.75. The Morgan fingerprint density at radius 3 is 2.45 bits per heavy atom. The van der Waals surface area contributed by atoms with E-state index in [2.05, 4.69) is 22.3 Å². The van der Waals surface area contributed by atoms with Crippen LogP contribution in [0.15, 0.2) is 59.8 Å². The van der Waals surface area contributed by atoms with E-state index in [0.29, 0.717) is 53.1 Å². The van der Waals surface area contributed by atoms with E-state index in [1.165, 1.54) is 5.56 Å². The number of hydrogen-bond acceptors (Lipinski definition) is 4. The van der Waals surface area contributed by atoms with Crippen LogP contribution in [0.1, 0.15) is 30.5 Å². The third-order valence-electron chi connectivity index (χ3n) is 7.46. The highest BCUT2D eigenvalue weighted by atomic mass is 35.5. The lowest BCUT2D eigenvalue weighted by Gasteiger charge is -2.35. The molecular weight excluding hydrogens is 525 g/mol. The zero-order chi connectivity index (χ0) is 26.8. The summed E-state index contributed by atoms with van der Waals surface area (Å²) in [5.74, 6) is -0.143. The first-order valence-corrected chi connectivity index (χ1v) is 13.7. The van der Waals surface area contributed by atoms with Crippen LogP contribution in [0.3, 0.4) is 0 Å². The maximum Gasteiger partial charge on any atom is 0.322 e. The van der Waals surface area contributed by atoms with Crippen molar-refractivity contribution in [2.45, 2.75) is 25.9 Å². The van der Waals surface area contributed by atoms with Gasteiger partial charge in [0.2, 0.25) is 5.91 Å². The van der Waals surface area contributed by atoms with Gasteiger partial charge in [0.1, 0.15) is 0 Å². The average Bonchev–Trinajstić information content (AvgIpc) is 3.24. The molecule has 0 radical (unpaired) electrons. The van der Waals surface area contributed by atoms with Gasteiger partial charge >= 0.3 is 6.03 Å². The van der Waals surface area contributed by atoms with Gasteiger partial charge in [-0.2, -0.15) is 0 Å². The fourth-order valence-corrected chi connectivity index (χ4v) is 5.94. The van der Waals surface area contributed by atoms with Crippen molar-refractivity contribution >= 4 is 41.0 Å². The summed E-state index contributed by atoms with van der Waals surface area (Å²) in [6, 6.07) is 14.4. The molecule has 200 valence electrons. The average molecular weight is 556 g/mol. The standard InChI is InChI=1S/C28H31Cl2N5O3/c1-2-35-23-18-34(27(37)25(23)26(31-28(35)38)21-9-8-20(29)16-22(21)30)11-10-24(36)33-14-12-32(13-15-33)17-19-6-4-3-5-7-19/h3-9,16,26H,2,10-15,17-18H2,1H3,(H,31,38)/t26-/m1/s1. The van der Waals surface area contributed by atoms with Gasteiger partial charge in [0.05, 0.1) is 23.9 Å². The Morgan fingerprint density at radius 2 is 1.76 bits per heavy atom. The highest BCUT2D eigenvalue weighted by Gasteiger charge is 2.44. The molecule has 0 aliphatic carbocycles. The van der Waals surface area contributed by atoms with Gasteiger partial charge in [0, 0.05) is 62.3 Å². The van der Waals surface area contributed by atoms with E-state index in [1.54, 1.807) is 28.0 Å². The fourth-order valence-electron chi connectivity index (χ4n) is 5.42. The molecule has 0 saturated carbocycles. The molecule has 1 fully saturated rings. The third kappa shape index (κ3) is 5.39. The summed E-state index contributed by atoms with van der Waals surface area (Å²) in [5.41, 5.74) is 3.05. The normalized spacial score (nSPS) is 20.2. The molecule has 2 aromatic rings. The minimum atomic E-state index is -0.670. The second-order valence-corrected chi connectivity index (χ2v) is 10.6. The van der Waals surface area contributed by atoms with E-state index in [0.717, 1.165) is 19.6 Å². The Kier molecular flexibility index (Phi) is 7.93. The number of nitrogens with one attached hydrogen (secondary N) is 1. The number of carbonyl (C=O) groups excluding carboxylic acids is 3. The first-order valence-electron chi connectivity index (χ1n) is 12.9. The maximum absolute atomic E-state index is 13.6. The van der Waals surface area contributed by atoms with Gasteiger partial charge in [-0.3, -0.25) is 19.4 Å². The molecule has 1 saturated heterocycles. The monoisotopic (exact) mass is 555 g/mol. The molecule has 0 unspecified atom stereocenters. The topological polar surface area (TPSA) is 76.2 Å². The number of hydrogen-bond donors (Lipinski definition) is 1. The van der Waals surface area contributed by atoms with Gasteiger partial charge < -0.3 is 15.1 Å². The number of carbonyl (C=O) groups is 3. The van der Waals surface area contributed by atoms with E-state index < -0.39 is 6.04 Å². The molecule has 0 bridgehead atoms.